The zero-order valence-electron chi connectivity index (χ0n) is 12.1. The van der Waals surface area contributed by atoms with Crippen LogP contribution in [0.5, 0.6) is 0 Å². The van der Waals surface area contributed by atoms with Gasteiger partial charge in [0.1, 0.15) is 0 Å². The van der Waals surface area contributed by atoms with Gasteiger partial charge in [0.05, 0.1) is 17.6 Å². The fourth-order valence-corrected chi connectivity index (χ4v) is 2.93. The lowest BCUT2D eigenvalue weighted by molar-refractivity contribution is -0.385. The average molecular weight is 417 g/mol. The number of furan rings is 1. The quantitative estimate of drug-likeness (QED) is 0.359. The fourth-order valence-electron chi connectivity index (χ4n) is 1.72. The number of nitrogens with zero attached hydrogens (tertiary/aromatic N) is 1. The molecule has 1 aromatic heterocycles. The van der Waals surface area contributed by atoms with E-state index in [-0.39, 0.29) is 22.9 Å². The van der Waals surface area contributed by atoms with Gasteiger partial charge in [-0.15, -0.1) is 11.8 Å². The maximum absolute atomic E-state index is 12.1. The van der Waals surface area contributed by atoms with E-state index in [1.165, 1.54) is 24.3 Å². The maximum Gasteiger partial charge on any atom is 0.291 e. The number of carbonyl (C=O) groups is 1. The second-order valence-electron chi connectivity index (χ2n) is 4.68. The van der Waals surface area contributed by atoms with E-state index in [0.717, 1.165) is 11.8 Å². The molecule has 0 saturated heterocycles. The Hall–Kier alpha value is -1.88. The number of anilines is 1. The van der Waals surface area contributed by atoms with Gasteiger partial charge in [-0.1, -0.05) is 0 Å². The minimum Gasteiger partial charge on any atom is -0.444 e. The van der Waals surface area contributed by atoms with E-state index in [4.69, 9.17) is 9.52 Å². The number of benzene rings is 1. The highest BCUT2D eigenvalue weighted by Crippen LogP contribution is 2.29. The molecule has 8 nitrogen and oxygen atoms in total. The van der Waals surface area contributed by atoms with Crippen LogP contribution in [0.3, 0.4) is 0 Å². The van der Waals surface area contributed by atoms with Crippen molar-refractivity contribution in [2.75, 3.05) is 17.7 Å². The van der Waals surface area contributed by atoms with Crippen LogP contribution >= 0.6 is 27.7 Å². The van der Waals surface area contributed by atoms with Crippen LogP contribution in [0.1, 0.15) is 10.6 Å². The SMILES string of the molecule is O=C(Nc1cc(SCC(O)CO)cc([N+](=O)[O-])c1)c1ccc(Br)o1. The van der Waals surface area contributed by atoms with Crippen LogP contribution in [-0.4, -0.2) is 39.5 Å². The first-order valence-electron chi connectivity index (χ1n) is 6.67. The Bertz CT molecular complexity index is 751. The number of aliphatic hydroxyl groups excluding tert-OH is 2. The number of non-ortho nitro benzene ring substituents is 1. The van der Waals surface area contributed by atoms with E-state index in [2.05, 4.69) is 21.2 Å². The number of hydrogen-bond acceptors (Lipinski definition) is 7. The Morgan fingerprint density at radius 3 is 2.75 bits per heavy atom. The van der Waals surface area contributed by atoms with Crippen LogP contribution in [0, 0.1) is 10.1 Å². The number of thioether (sulfide) groups is 1. The van der Waals surface area contributed by atoms with Crippen LogP contribution in [-0.2, 0) is 0 Å². The minimum absolute atomic E-state index is 0.0540. The fraction of sp³-hybridized carbons (Fsp3) is 0.214. The van der Waals surface area contributed by atoms with Crippen LogP contribution in [0.25, 0.3) is 0 Å². The van der Waals surface area contributed by atoms with Crippen molar-refractivity contribution in [2.24, 2.45) is 0 Å². The van der Waals surface area contributed by atoms with E-state index in [1.807, 2.05) is 0 Å². The number of nitro benzene ring substituents is 1. The topological polar surface area (TPSA) is 126 Å². The summed E-state index contributed by atoms with van der Waals surface area (Å²) in [5.74, 6) is -0.332. The van der Waals surface area contributed by atoms with Gasteiger partial charge in [-0.2, -0.15) is 0 Å². The van der Waals surface area contributed by atoms with Gasteiger partial charge < -0.3 is 19.9 Å². The van der Waals surface area contributed by atoms with Crippen LogP contribution < -0.4 is 5.32 Å². The Morgan fingerprint density at radius 2 is 2.17 bits per heavy atom. The van der Waals surface area contributed by atoms with Gasteiger partial charge in [0.15, 0.2) is 10.4 Å². The Kier molecular flexibility index (Phi) is 6.37. The van der Waals surface area contributed by atoms with Crippen LogP contribution in [0.4, 0.5) is 11.4 Å². The van der Waals surface area contributed by atoms with Crippen molar-refractivity contribution in [3.8, 4) is 0 Å². The highest BCUT2D eigenvalue weighted by molar-refractivity contribution is 9.10. The van der Waals surface area contributed by atoms with Gasteiger partial charge in [-0.25, -0.2) is 0 Å². The van der Waals surface area contributed by atoms with E-state index in [0.29, 0.717) is 9.56 Å². The minimum atomic E-state index is -0.937. The van der Waals surface area contributed by atoms with Gasteiger partial charge in [-0.05, 0) is 34.1 Å². The predicted octanol–water partition coefficient (Wildman–Crippen LogP) is 2.65. The van der Waals surface area contributed by atoms with E-state index in [1.54, 1.807) is 6.07 Å². The van der Waals surface area contributed by atoms with Crippen molar-refractivity contribution >= 4 is 45.0 Å². The molecule has 24 heavy (non-hydrogen) atoms. The molecular formula is C14H13BrN2O6S. The number of hydrogen-bond donors (Lipinski definition) is 3. The molecule has 1 atom stereocenters. The first kappa shape index (κ1) is 18.5. The van der Waals surface area contributed by atoms with Crippen molar-refractivity contribution in [2.45, 2.75) is 11.0 Å². The van der Waals surface area contributed by atoms with Crippen molar-refractivity contribution in [1.29, 1.82) is 0 Å². The molecule has 0 saturated carbocycles. The standard InChI is InChI=1S/C14H13BrN2O6S/c15-13-2-1-12(23-13)14(20)16-8-3-9(17(21)22)5-11(4-8)24-7-10(19)6-18/h1-5,10,18-19H,6-7H2,(H,16,20). The van der Waals surface area contributed by atoms with Gasteiger partial charge in [0, 0.05) is 28.5 Å². The molecule has 128 valence electrons. The van der Waals surface area contributed by atoms with Crippen LogP contribution in [0.2, 0.25) is 0 Å². The highest BCUT2D eigenvalue weighted by atomic mass is 79.9. The number of aliphatic hydroxyl groups is 2. The second kappa shape index (κ2) is 8.29. The summed E-state index contributed by atoms with van der Waals surface area (Å²) in [6, 6.07) is 7.11. The summed E-state index contributed by atoms with van der Waals surface area (Å²) in [6.45, 7) is -0.404. The van der Waals surface area contributed by atoms with Gasteiger partial charge in [-0.3, -0.25) is 14.9 Å². The molecule has 0 aliphatic rings. The van der Waals surface area contributed by atoms with Crippen molar-refractivity contribution in [3.05, 3.63) is 50.9 Å². The third-order valence-corrected chi connectivity index (χ3v) is 4.36. The number of halogens is 1. The zero-order chi connectivity index (χ0) is 17.7. The van der Waals surface area contributed by atoms with Gasteiger partial charge >= 0.3 is 0 Å². The number of amides is 1. The first-order chi connectivity index (χ1) is 11.4. The Balaban J connectivity index is 2.19. The Labute approximate surface area is 149 Å². The molecule has 2 rings (SSSR count). The molecule has 1 unspecified atom stereocenters. The lowest BCUT2D eigenvalue weighted by Gasteiger charge is -2.09. The third-order valence-electron chi connectivity index (χ3n) is 2.81. The van der Waals surface area contributed by atoms with E-state index >= 15 is 0 Å². The summed E-state index contributed by atoms with van der Waals surface area (Å²) in [7, 11) is 0. The number of rotatable bonds is 7. The van der Waals surface area contributed by atoms with Gasteiger partial charge in [0.2, 0.25) is 0 Å². The Morgan fingerprint density at radius 1 is 1.42 bits per heavy atom. The number of carbonyl (C=O) groups excluding carboxylic acids is 1. The van der Waals surface area contributed by atoms with Crippen molar-refractivity contribution < 1.29 is 24.3 Å². The summed E-state index contributed by atoms with van der Waals surface area (Å²) in [5.41, 5.74) is 0.0251. The zero-order valence-corrected chi connectivity index (χ0v) is 14.5. The first-order valence-corrected chi connectivity index (χ1v) is 8.45. The number of nitrogens with one attached hydrogen (secondary N) is 1. The molecule has 2 aromatic rings. The normalized spacial score (nSPS) is 12.0. The third kappa shape index (κ3) is 5.06. The largest absolute Gasteiger partial charge is 0.444 e. The summed E-state index contributed by atoms with van der Waals surface area (Å²) >= 11 is 4.21. The summed E-state index contributed by atoms with van der Waals surface area (Å²) in [6.07, 6.45) is -0.937. The monoisotopic (exact) mass is 416 g/mol. The lowest BCUT2D eigenvalue weighted by Crippen LogP contribution is -2.14. The molecule has 3 N–H and O–H groups in total. The van der Waals surface area contributed by atoms with Gasteiger partial charge in [0.25, 0.3) is 11.6 Å². The highest BCUT2D eigenvalue weighted by Gasteiger charge is 2.15. The molecule has 0 aliphatic heterocycles. The molecule has 1 heterocycles. The number of nitro groups is 1. The molecule has 1 aromatic carbocycles. The smallest absolute Gasteiger partial charge is 0.291 e. The second-order valence-corrected chi connectivity index (χ2v) is 6.55. The molecule has 1 amide bonds. The van der Waals surface area contributed by atoms with Crippen molar-refractivity contribution in [3.63, 3.8) is 0 Å². The molecule has 0 radical (unpaired) electrons. The van der Waals surface area contributed by atoms with Crippen molar-refractivity contribution in [1.82, 2.24) is 0 Å². The summed E-state index contributed by atoms with van der Waals surface area (Å²) in [4.78, 5) is 23.0. The average Bonchev–Trinajstić information content (AvgIpc) is 2.99. The predicted molar refractivity (Wildman–Crippen MR) is 91.3 cm³/mol. The van der Waals surface area contributed by atoms with E-state index in [9.17, 15) is 20.0 Å². The van der Waals surface area contributed by atoms with Crippen LogP contribution in [0.15, 0.2) is 44.3 Å². The molecule has 0 fully saturated rings. The molecule has 0 bridgehead atoms. The molecule has 0 spiro atoms. The molecular weight excluding hydrogens is 404 g/mol. The summed E-state index contributed by atoms with van der Waals surface area (Å²) in [5, 5.41) is 31.7. The summed E-state index contributed by atoms with van der Waals surface area (Å²) < 4.78 is 5.51. The molecule has 0 aliphatic carbocycles. The molecule has 10 heteroatoms. The lowest BCUT2D eigenvalue weighted by atomic mass is 10.2. The van der Waals surface area contributed by atoms with E-state index < -0.39 is 23.5 Å². The maximum atomic E-state index is 12.1.